The zero-order valence-corrected chi connectivity index (χ0v) is 11.9. The van der Waals surface area contributed by atoms with Crippen LogP contribution in [0.2, 0.25) is 0 Å². The van der Waals surface area contributed by atoms with Crippen molar-refractivity contribution < 1.29 is 13.5 Å². The van der Waals surface area contributed by atoms with Gasteiger partial charge in [-0.1, -0.05) is 11.8 Å². The van der Waals surface area contributed by atoms with Gasteiger partial charge >= 0.3 is 0 Å². The van der Waals surface area contributed by atoms with Crippen molar-refractivity contribution in [2.75, 3.05) is 18.1 Å². The van der Waals surface area contributed by atoms with E-state index in [2.05, 4.69) is 16.6 Å². The van der Waals surface area contributed by atoms with Crippen LogP contribution in [-0.2, 0) is 10.0 Å². The van der Waals surface area contributed by atoms with Gasteiger partial charge in [-0.25, -0.2) is 13.1 Å². The summed E-state index contributed by atoms with van der Waals surface area (Å²) in [4.78, 5) is 0.249. The molecule has 1 atom stereocenters. The van der Waals surface area contributed by atoms with Gasteiger partial charge in [-0.05, 0) is 36.4 Å². The van der Waals surface area contributed by atoms with Crippen LogP contribution in [-0.4, -0.2) is 37.7 Å². The van der Waals surface area contributed by atoms with E-state index in [1.807, 2.05) is 0 Å². The highest BCUT2D eigenvalue weighted by Gasteiger charge is 2.22. The summed E-state index contributed by atoms with van der Waals surface area (Å²) in [6.45, 7) is -0.207. The molecule has 1 unspecified atom stereocenters. The van der Waals surface area contributed by atoms with Crippen LogP contribution in [0.1, 0.15) is 12.0 Å². The van der Waals surface area contributed by atoms with E-state index in [4.69, 9.17) is 5.11 Å². The molecular weight excluding hydrogens is 282 g/mol. The van der Waals surface area contributed by atoms with Gasteiger partial charge in [-0.3, -0.25) is 0 Å². The fraction of sp³-hybridized carbons (Fsp3) is 0.385. The standard InChI is InChI=1S/C13H15NO3S2/c15-8-1-2-11-3-5-13(6-4-11)19(16,17)14-12-7-9-18-10-12/h3-6,12,14-15H,7-10H2. The van der Waals surface area contributed by atoms with Crippen molar-refractivity contribution in [2.45, 2.75) is 17.4 Å². The molecule has 0 saturated carbocycles. The molecular formula is C13H15NO3S2. The molecule has 102 valence electrons. The van der Waals surface area contributed by atoms with E-state index in [-0.39, 0.29) is 17.5 Å². The Hall–Kier alpha value is -1.00. The van der Waals surface area contributed by atoms with Gasteiger partial charge in [-0.2, -0.15) is 11.8 Å². The summed E-state index contributed by atoms with van der Waals surface area (Å²) in [5.74, 6) is 7.08. The first-order valence-electron chi connectivity index (χ1n) is 5.92. The van der Waals surface area contributed by atoms with Gasteiger partial charge < -0.3 is 5.11 Å². The van der Waals surface area contributed by atoms with Crippen molar-refractivity contribution in [2.24, 2.45) is 0 Å². The lowest BCUT2D eigenvalue weighted by Crippen LogP contribution is -2.34. The first-order chi connectivity index (χ1) is 9.12. The first kappa shape index (κ1) is 14.4. The lowest BCUT2D eigenvalue weighted by Gasteiger charge is -2.11. The van der Waals surface area contributed by atoms with Gasteiger partial charge in [0.2, 0.25) is 10.0 Å². The Balaban J connectivity index is 2.11. The van der Waals surface area contributed by atoms with Crippen LogP contribution in [0.15, 0.2) is 29.2 Å². The minimum atomic E-state index is -3.44. The molecule has 0 spiro atoms. The number of thioether (sulfide) groups is 1. The Morgan fingerprint density at radius 1 is 1.37 bits per heavy atom. The number of rotatable bonds is 3. The Bertz CT molecular complexity index is 579. The number of hydrogen-bond acceptors (Lipinski definition) is 4. The first-order valence-corrected chi connectivity index (χ1v) is 8.55. The van der Waals surface area contributed by atoms with Crippen molar-refractivity contribution in [1.29, 1.82) is 0 Å². The van der Waals surface area contributed by atoms with Crippen LogP contribution in [0.4, 0.5) is 0 Å². The van der Waals surface area contributed by atoms with Gasteiger partial charge in [0.25, 0.3) is 0 Å². The Labute approximate surface area is 117 Å². The Kier molecular flexibility index (Phi) is 4.88. The summed E-state index contributed by atoms with van der Waals surface area (Å²) in [7, 11) is -3.44. The van der Waals surface area contributed by atoms with Gasteiger partial charge in [-0.15, -0.1) is 0 Å². The molecule has 0 aliphatic carbocycles. The minimum absolute atomic E-state index is 0.0313. The fourth-order valence-corrected chi connectivity index (χ4v) is 4.30. The largest absolute Gasteiger partial charge is 0.384 e. The molecule has 19 heavy (non-hydrogen) atoms. The van der Waals surface area contributed by atoms with E-state index in [1.165, 1.54) is 12.1 Å². The van der Waals surface area contributed by atoms with Crippen molar-refractivity contribution in [3.63, 3.8) is 0 Å². The molecule has 0 bridgehead atoms. The van der Waals surface area contributed by atoms with Crippen LogP contribution in [0.25, 0.3) is 0 Å². The maximum absolute atomic E-state index is 12.1. The predicted molar refractivity (Wildman–Crippen MR) is 76.5 cm³/mol. The summed E-state index contributed by atoms with van der Waals surface area (Å²) >= 11 is 1.76. The van der Waals surface area contributed by atoms with E-state index < -0.39 is 10.0 Å². The number of aliphatic hydroxyl groups is 1. The van der Waals surface area contributed by atoms with Crippen LogP contribution in [0, 0.1) is 11.8 Å². The van der Waals surface area contributed by atoms with Gasteiger partial charge in [0, 0.05) is 17.4 Å². The number of sulfonamides is 1. The number of aliphatic hydroxyl groups excluding tert-OH is 1. The second-order valence-electron chi connectivity index (χ2n) is 4.17. The number of benzene rings is 1. The topological polar surface area (TPSA) is 66.4 Å². The van der Waals surface area contributed by atoms with Crippen LogP contribution < -0.4 is 4.72 Å². The third kappa shape index (κ3) is 3.98. The van der Waals surface area contributed by atoms with E-state index in [0.29, 0.717) is 5.56 Å². The maximum atomic E-state index is 12.1. The summed E-state index contributed by atoms with van der Waals surface area (Å²) in [5.41, 5.74) is 0.685. The average molecular weight is 297 g/mol. The maximum Gasteiger partial charge on any atom is 0.240 e. The van der Waals surface area contributed by atoms with E-state index in [1.54, 1.807) is 23.9 Å². The van der Waals surface area contributed by atoms with E-state index >= 15 is 0 Å². The molecule has 1 aromatic rings. The molecule has 0 aromatic heterocycles. The van der Waals surface area contributed by atoms with Gasteiger partial charge in [0.15, 0.2) is 0 Å². The van der Waals surface area contributed by atoms with Crippen LogP contribution in [0.3, 0.4) is 0 Å². The highest BCUT2D eigenvalue weighted by Crippen LogP contribution is 2.19. The van der Waals surface area contributed by atoms with E-state index in [9.17, 15) is 8.42 Å². The number of hydrogen-bond donors (Lipinski definition) is 2. The lowest BCUT2D eigenvalue weighted by atomic mass is 10.2. The summed E-state index contributed by atoms with van der Waals surface area (Å²) in [6.07, 6.45) is 0.879. The van der Waals surface area contributed by atoms with E-state index in [0.717, 1.165) is 17.9 Å². The molecule has 6 heteroatoms. The van der Waals surface area contributed by atoms with Gasteiger partial charge in [0.1, 0.15) is 6.61 Å². The molecule has 2 rings (SSSR count). The smallest absolute Gasteiger partial charge is 0.240 e. The van der Waals surface area contributed by atoms with Crippen molar-refractivity contribution in [3.05, 3.63) is 29.8 Å². The molecule has 1 aromatic carbocycles. The fourth-order valence-electron chi connectivity index (χ4n) is 1.77. The average Bonchev–Trinajstić information content (AvgIpc) is 2.89. The molecule has 1 saturated heterocycles. The quantitative estimate of drug-likeness (QED) is 0.811. The molecule has 4 nitrogen and oxygen atoms in total. The van der Waals surface area contributed by atoms with Gasteiger partial charge in [0.05, 0.1) is 4.90 Å². The zero-order valence-electron chi connectivity index (χ0n) is 10.3. The highest BCUT2D eigenvalue weighted by molar-refractivity contribution is 7.99. The zero-order chi connectivity index (χ0) is 13.7. The molecule has 1 aliphatic heterocycles. The minimum Gasteiger partial charge on any atom is -0.384 e. The predicted octanol–water partition coefficient (Wildman–Crippen LogP) is 0.814. The second kappa shape index (κ2) is 6.44. The molecule has 0 radical (unpaired) electrons. The lowest BCUT2D eigenvalue weighted by molar-refractivity contribution is 0.350. The molecule has 1 aliphatic rings. The highest BCUT2D eigenvalue weighted by atomic mass is 32.2. The normalized spacial score (nSPS) is 18.9. The number of nitrogens with one attached hydrogen (secondary N) is 1. The molecule has 2 N–H and O–H groups in total. The SMILES string of the molecule is O=S(=O)(NC1CCSC1)c1ccc(C#CCO)cc1. The Morgan fingerprint density at radius 3 is 2.68 bits per heavy atom. The van der Waals surface area contributed by atoms with Crippen molar-refractivity contribution >= 4 is 21.8 Å². The second-order valence-corrected chi connectivity index (χ2v) is 7.03. The van der Waals surface area contributed by atoms with Crippen LogP contribution in [0.5, 0.6) is 0 Å². The monoisotopic (exact) mass is 297 g/mol. The molecule has 1 heterocycles. The Morgan fingerprint density at radius 2 is 2.11 bits per heavy atom. The van der Waals surface area contributed by atoms with Crippen molar-refractivity contribution in [3.8, 4) is 11.8 Å². The van der Waals surface area contributed by atoms with Crippen LogP contribution >= 0.6 is 11.8 Å². The third-order valence-corrected chi connectivity index (χ3v) is 5.43. The molecule has 1 fully saturated rings. The molecule has 0 amide bonds. The summed E-state index contributed by atoms with van der Waals surface area (Å²) in [5, 5.41) is 8.59. The summed E-state index contributed by atoms with van der Waals surface area (Å²) in [6, 6.07) is 6.38. The third-order valence-electron chi connectivity index (χ3n) is 2.73. The summed E-state index contributed by atoms with van der Waals surface area (Å²) < 4.78 is 26.9. The van der Waals surface area contributed by atoms with Crippen molar-refractivity contribution in [1.82, 2.24) is 4.72 Å².